The topological polar surface area (TPSA) is 74.1 Å². The standard InChI is InChI=1S/C21H24FN5O2S/c22-18-3-1-2-4-19(18)26-11-9-25(10-12-26)15-5-7-16(8-6-15)27-14-17(29-21(27)28)13-24-20(23)30/h1-8,17H,9-14H2,(H3,23,24,30)/t17-/m0/s1. The molecule has 1 atom stereocenters. The van der Waals surface area contributed by atoms with Crippen LogP contribution in [0.25, 0.3) is 0 Å². The number of hydrogen-bond acceptors (Lipinski definition) is 5. The maximum Gasteiger partial charge on any atom is 0.414 e. The Morgan fingerprint density at radius 1 is 1.07 bits per heavy atom. The second kappa shape index (κ2) is 8.74. The summed E-state index contributed by atoms with van der Waals surface area (Å²) in [5.74, 6) is -0.186. The van der Waals surface area contributed by atoms with Gasteiger partial charge in [0, 0.05) is 37.6 Å². The first-order valence-electron chi connectivity index (χ1n) is 9.87. The molecule has 1 amide bonds. The lowest BCUT2D eigenvalue weighted by Crippen LogP contribution is -2.46. The SMILES string of the molecule is NC(=S)NC[C@H]1CN(c2ccc(N3CCN(c4ccccc4F)CC3)cc2)C(=O)O1. The molecule has 2 saturated heterocycles. The number of carbonyl (C=O) groups is 1. The molecule has 0 spiro atoms. The van der Waals surface area contributed by atoms with Crippen molar-refractivity contribution in [2.75, 3.05) is 54.0 Å². The smallest absolute Gasteiger partial charge is 0.414 e. The molecule has 2 heterocycles. The van der Waals surface area contributed by atoms with Gasteiger partial charge in [-0.15, -0.1) is 0 Å². The number of piperazine rings is 1. The van der Waals surface area contributed by atoms with Crippen LogP contribution >= 0.6 is 12.2 Å². The zero-order valence-electron chi connectivity index (χ0n) is 16.5. The van der Waals surface area contributed by atoms with Gasteiger partial charge in [0.25, 0.3) is 0 Å². The van der Waals surface area contributed by atoms with Crippen LogP contribution in [-0.4, -0.2) is 56.6 Å². The van der Waals surface area contributed by atoms with E-state index >= 15 is 0 Å². The number of amides is 1. The third kappa shape index (κ3) is 4.40. The Hall–Kier alpha value is -3.07. The van der Waals surface area contributed by atoms with Crippen LogP contribution in [0.3, 0.4) is 0 Å². The average Bonchev–Trinajstić information content (AvgIpc) is 3.13. The van der Waals surface area contributed by atoms with E-state index in [1.165, 1.54) is 6.07 Å². The molecule has 4 rings (SSSR count). The quantitative estimate of drug-likeness (QED) is 0.707. The minimum absolute atomic E-state index is 0.184. The molecule has 2 fully saturated rings. The van der Waals surface area contributed by atoms with Crippen LogP contribution in [-0.2, 0) is 4.74 Å². The molecular weight excluding hydrogens is 405 g/mol. The van der Waals surface area contributed by atoms with Gasteiger partial charge in [-0.2, -0.15) is 0 Å². The lowest BCUT2D eigenvalue weighted by atomic mass is 10.2. The number of anilines is 3. The van der Waals surface area contributed by atoms with Crippen LogP contribution in [0.5, 0.6) is 0 Å². The van der Waals surface area contributed by atoms with Crippen molar-refractivity contribution in [1.82, 2.24) is 5.32 Å². The van der Waals surface area contributed by atoms with Crippen LogP contribution in [0.1, 0.15) is 0 Å². The number of carbonyl (C=O) groups excluding carboxylic acids is 1. The Morgan fingerprint density at radius 3 is 2.37 bits per heavy atom. The minimum Gasteiger partial charge on any atom is -0.442 e. The highest BCUT2D eigenvalue weighted by Crippen LogP contribution is 2.27. The number of nitrogens with two attached hydrogens (primary N) is 1. The van der Waals surface area contributed by atoms with Crippen LogP contribution in [0.2, 0.25) is 0 Å². The molecule has 2 aliphatic heterocycles. The molecule has 2 aromatic rings. The predicted molar refractivity (Wildman–Crippen MR) is 120 cm³/mol. The number of rotatable bonds is 5. The number of nitrogens with zero attached hydrogens (tertiary/aromatic N) is 3. The molecule has 2 aliphatic rings. The molecular formula is C21H24FN5O2S. The van der Waals surface area contributed by atoms with Crippen molar-refractivity contribution < 1.29 is 13.9 Å². The third-order valence-electron chi connectivity index (χ3n) is 5.38. The number of thiocarbonyl (C=S) groups is 1. The highest BCUT2D eigenvalue weighted by atomic mass is 32.1. The molecule has 2 aromatic carbocycles. The van der Waals surface area contributed by atoms with E-state index in [2.05, 4.69) is 15.1 Å². The second-order valence-electron chi connectivity index (χ2n) is 7.30. The third-order valence-corrected chi connectivity index (χ3v) is 5.52. The molecule has 158 valence electrons. The number of benzene rings is 2. The number of nitrogens with one attached hydrogen (secondary N) is 1. The van der Waals surface area contributed by atoms with Gasteiger partial charge in [0.1, 0.15) is 11.9 Å². The number of ether oxygens (including phenoxy) is 1. The molecule has 0 aromatic heterocycles. The molecule has 0 aliphatic carbocycles. The largest absolute Gasteiger partial charge is 0.442 e. The van der Waals surface area contributed by atoms with Crippen molar-refractivity contribution in [3.8, 4) is 0 Å². The summed E-state index contributed by atoms with van der Waals surface area (Å²) in [6.07, 6.45) is -0.680. The predicted octanol–water partition coefficient (Wildman–Crippen LogP) is 2.31. The van der Waals surface area contributed by atoms with Crippen molar-refractivity contribution in [2.45, 2.75) is 6.10 Å². The highest BCUT2D eigenvalue weighted by Gasteiger charge is 2.32. The van der Waals surface area contributed by atoms with E-state index in [-0.39, 0.29) is 23.1 Å². The molecule has 9 heteroatoms. The Morgan fingerprint density at radius 2 is 1.70 bits per heavy atom. The Kier molecular flexibility index (Phi) is 5.89. The molecule has 0 saturated carbocycles. The van der Waals surface area contributed by atoms with Gasteiger partial charge in [-0.1, -0.05) is 12.1 Å². The Balaban J connectivity index is 1.35. The first kappa shape index (κ1) is 20.2. The van der Waals surface area contributed by atoms with Gasteiger partial charge >= 0.3 is 6.09 Å². The Labute approximate surface area is 180 Å². The highest BCUT2D eigenvalue weighted by molar-refractivity contribution is 7.80. The van der Waals surface area contributed by atoms with Crippen LogP contribution in [0.15, 0.2) is 48.5 Å². The maximum absolute atomic E-state index is 14.0. The van der Waals surface area contributed by atoms with E-state index < -0.39 is 0 Å². The molecule has 0 radical (unpaired) electrons. The normalized spacial score (nSPS) is 19.0. The number of hydrogen-bond donors (Lipinski definition) is 2. The molecule has 7 nitrogen and oxygen atoms in total. The van der Waals surface area contributed by atoms with Crippen molar-refractivity contribution in [3.63, 3.8) is 0 Å². The molecule has 0 unspecified atom stereocenters. The number of halogens is 1. The zero-order valence-corrected chi connectivity index (χ0v) is 17.3. The van der Waals surface area contributed by atoms with E-state index in [9.17, 15) is 9.18 Å². The van der Waals surface area contributed by atoms with Gasteiger partial charge < -0.3 is 25.6 Å². The van der Waals surface area contributed by atoms with Gasteiger partial charge in [0.2, 0.25) is 0 Å². The van der Waals surface area contributed by atoms with Crippen LogP contribution in [0.4, 0.5) is 26.2 Å². The molecule has 30 heavy (non-hydrogen) atoms. The van der Waals surface area contributed by atoms with E-state index in [1.54, 1.807) is 11.0 Å². The number of cyclic esters (lactones) is 1. The van der Waals surface area contributed by atoms with Gasteiger partial charge in [0.15, 0.2) is 5.11 Å². The lowest BCUT2D eigenvalue weighted by molar-refractivity contribution is 0.143. The van der Waals surface area contributed by atoms with Gasteiger partial charge in [0.05, 0.1) is 18.8 Å². The molecule has 3 N–H and O–H groups in total. The fraction of sp³-hybridized carbons (Fsp3) is 0.333. The summed E-state index contributed by atoms with van der Waals surface area (Å²) in [7, 11) is 0. The van der Waals surface area contributed by atoms with Crippen molar-refractivity contribution >= 4 is 40.5 Å². The summed E-state index contributed by atoms with van der Waals surface area (Å²) in [6, 6.07) is 14.7. The first-order valence-corrected chi connectivity index (χ1v) is 10.3. The average molecular weight is 430 g/mol. The maximum atomic E-state index is 14.0. The van der Waals surface area contributed by atoms with Gasteiger partial charge in [-0.05, 0) is 48.6 Å². The van der Waals surface area contributed by atoms with Crippen molar-refractivity contribution in [2.24, 2.45) is 5.73 Å². The van der Waals surface area contributed by atoms with Crippen LogP contribution in [0, 0.1) is 5.82 Å². The lowest BCUT2D eigenvalue weighted by Gasteiger charge is -2.37. The summed E-state index contributed by atoms with van der Waals surface area (Å²) in [4.78, 5) is 18.1. The fourth-order valence-corrected chi connectivity index (χ4v) is 3.89. The van der Waals surface area contributed by atoms with Gasteiger partial charge in [-0.25, -0.2) is 9.18 Å². The molecule has 0 bridgehead atoms. The zero-order chi connectivity index (χ0) is 21.1. The van der Waals surface area contributed by atoms with E-state index in [1.807, 2.05) is 36.4 Å². The monoisotopic (exact) mass is 429 g/mol. The summed E-state index contributed by atoms with van der Waals surface area (Å²) in [5, 5.41) is 3.01. The van der Waals surface area contributed by atoms with E-state index in [0.717, 1.165) is 37.6 Å². The van der Waals surface area contributed by atoms with Gasteiger partial charge in [-0.3, -0.25) is 4.90 Å². The second-order valence-corrected chi connectivity index (χ2v) is 7.74. The summed E-state index contributed by atoms with van der Waals surface area (Å²) < 4.78 is 19.4. The van der Waals surface area contributed by atoms with E-state index in [4.69, 9.17) is 22.7 Å². The summed E-state index contributed by atoms with van der Waals surface area (Å²) in [5.41, 5.74) is 7.94. The summed E-state index contributed by atoms with van der Waals surface area (Å²) in [6.45, 7) is 3.92. The van der Waals surface area contributed by atoms with E-state index in [0.29, 0.717) is 18.8 Å². The Bertz CT molecular complexity index is 918. The fourth-order valence-electron chi connectivity index (χ4n) is 3.81. The van der Waals surface area contributed by atoms with Crippen molar-refractivity contribution in [1.29, 1.82) is 0 Å². The number of para-hydroxylation sites is 1. The van der Waals surface area contributed by atoms with Crippen LogP contribution < -0.4 is 25.8 Å². The van der Waals surface area contributed by atoms with Crippen molar-refractivity contribution in [3.05, 3.63) is 54.3 Å². The first-order chi connectivity index (χ1) is 14.5. The minimum atomic E-state index is -0.379. The summed E-state index contributed by atoms with van der Waals surface area (Å²) >= 11 is 4.79.